The molecule has 1 aliphatic heterocycles. The van der Waals surface area contributed by atoms with E-state index in [1.165, 1.54) is 6.20 Å². The molecule has 12 heavy (non-hydrogen) atoms. The molecule has 0 atom stereocenters. The first kappa shape index (κ1) is 7.30. The Morgan fingerprint density at radius 3 is 2.83 bits per heavy atom. The number of aromatic nitrogens is 2. The average molecular weight is 167 g/mol. The van der Waals surface area contributed by atoms with Gasteiger partial charge in [-0.05, 0) is 0 Å². The van der Waals surface area contributed by atoms with Crippen molar-refractivity contribution < 1.29 is 9.90 Å². The maximum absolute atomic E-state index is 10.5. The lowest BCUT2D eigenvalue weighted by atomic mass is 10.0. The molecule has 0 saturated carbocycles. The molecular weight excluding hydrogens is 158 g/mol. The van der Waals surface area contributed by atoms with Crippen LogP contribution in [0.2, 0.25) is 0 Å². The molecule has 0 aliphatic carbocycles. The van der Waals surface area contributed by atoms with Crippen molar-refractivity contribution in [3.8, 4) is 0 Å². The van der Waals surface area contributed by atoms with Gasteiger partial charge in [-0.2, -0.15) is 0 Å². The number of H-pyrrole nitrogens is 1. The van der Waals surface area contributed by atoms with Crippen LogP contribution in [0.25, 0.3) is 0 Å². The molecule has 1 aromatic rings. The Labute approximate surface area is 68.8 Å². The second-order valence-electron chi connectivity index (χ2n) is 2.84. The minimum Gasteiger partial charge on any atom is -0.477 e. The maximum Gasteiger partial charge on any atom is 0.353 e. The summed E-state index contributed by atoms with van der Waals surface area (Å²) in [5.41, 5.74) is 0.164. The van der Waals surface area contributed by atoms with Gasteiger partial charge in [0.25, 0.3) is 0 Å². The van der Waals surface area contributed by atoms with Crippen LogP contribution in [0, 0.1) is 0 Å². The van der Waals surface area contributed by atoms with E-state index >= 15 is 0 Å². The first-order valence-electron chi connectivity index (χ1n) is 3.76. The van der Waals surface area contributed by atoms with Crippen molar-refractivity contribution in [1.29, 1.82) is 0 Å². The van der Waals surface area contributed by atoms with Gasteiger partial charge < -0.3 is 15.4 Å². The Kier molecular flexibility index (Phi) is 1.58. The summed E-state index contributed by atoms with van der Waals surface area (Å²) in [6.45, 7) is 1.76. The molecule has 0 aromatic carbocycles. The third-order valence-electron chi connectivity index (χ3n) is 1.99. The van der Waals surface area contributed by atoms with Crippen LogP contribution >= 0.6 is 0 Å². The fourth-order valence-corrected chi connectivity index (χ4v) is 1.13. The molecule has 0 unspecified atom stereocenters. The van der Waals surface area contributed by atoms with Crippen molar-refractivity contribution >= 4 is 5.97 Å². The number of nitrogens with one attached hydrogen (secondary N) is 2. The molecule has 64 valence electrons. The second-order valence-corrected chi connectivity index (χ2v) is 2.84. The van der Waals surface area contributed by atoms with Gasteiger partial charge in [0.05, 0.1) is 6.20 Å². The molecule has 2 heterocycles. The lowest BCUT2D eigenvalue weighted by Crippen LogP contribution is -2.40. The number of hydrogen-bond acceptors (Lipinski definition) is 3. The van der Waals surface area contributed by atoms with E-state index in [0.717, 1.165) is 18.9 Å². The summed E-state index contributed by atoms with van der Waals surface area (Å²) < 4.78 is 0. The molecular formula is C7H9N3O2. The topological polar surface area (TPSA) is 78.0 Å². The second kappa shape index (κ2) is 2.60. The zero-order valence-corrected chi connectivity index (χ0v) is 6.37. The van der Waals surface area contributed by atoms with Crippen molar-refractivity contribution in [2.45, 2.75) is 5.92 Å². The zero-order chi connectivity index (χ0) is 8.55. The molecule has 2 rings (SSSR count). The Bertz CT molecular complexity index is 303. The summed E-state index contributed by atoms with van der Waals surface area (Å²) in [6, 6.07) is 0. The largest absolute Gasteiger partial charge is 0.477 e. The molecule has 0 amide bonds. The first-order chi connectivity index (χ1) is 5.77. The number of rotatable bonds is 2. The number of aromatic carboxylic acids is 1. The summed E-state index contributed by atoms with van der Waals surface area (Å²) >= 11 is 0. The van der Waals surface area contributed by atoms with E-state index in [9.17, 15) is 4.79 Å². The van der Waals surface area contributed by atoms with Crippen molar-refractivity contribution in [2.24, 2.45) is 0 Å². The lowest BCUT2D eigenvalue weighted by molar-refractivity contribution is 0.0691. The zero-order valence-electron chi connectivity index (χ0n) is 6.37. The van der Waals surface area contributed by atoms with E-state index in [0.29, 0.717) is 5.92 Å². The number of carboxylic acid groups (broad SMARTS) is 1. The summed E-state index contributed by atoms with van der Waals surface area (Å²) in [4.78, 5) is 17.2. The van der Waals surface area contributed by atoms with Crippen molar-refractivity contribution in [1.82, 2.24) is 15.3 Å². The Morgan fingerprint density at radius 1 is 1.67 bits per heavy atom. The molecule has 0 spiro atoms. The molecule has 1 aliphatic rings. The van der Waals surface area contributed by atoms with Crippen LogP contribution in [-0.4, -0.2) is 34.1 Å². The van der Waals surface area contributed by atoms with Crippen molar-refractivity contribution in [2.75, 3.05) is 13.1 Å². The third-order valence-corrected chi connectivity index (χ3v) is 1.99. The molecule has 0 radical (unpaired) electrons. The molecule has 1 fully saturated rings. The summed E-state index contributed by atoms with van der Waals surface area (Å²) in [6.07, 6.45) is 1.36. The summed E-state index contributed by atoms with van der Waals surface area (Å²) in [5.74, 6) is 0.172. The van der Waals surface area contributed by atoms with E-state index in [-0.39, 0.29) is 5.69 Å². The lowest BCUT2D eigenvalue weighted by Gasteiger charge is -2.24. The van der Waals surface area contributed by atoms with Gasteiger partial charge in [0, 0.05) is 19.0 Å². The van der Waals surface area contributed by atoms with Crippen molar-refractivity contribution in [3.05, 3.63) is 17.7 Å². The quantitative estimate of drug-likeness (QED) is 0.569. The SMILES string of the molecule is O=C(O)c1cnc(C2CNC2)[nH]1. The number of carbonyl (C=O) groups is 1. The summed E-state index contributed by atoms with van der Waals surface area (Å²) in [5, 5.41) is 11.7. The molecule has 3 N–H and O–H groups in total. The first-order valence-corrected chi connectivity index (χ1v) is 3.76. The highest BCUT2D eigenvalue weighted by Crippen LogP contribution is 2.15. The standard InChI is InChI=1S/C7H9N3O2/c11-7(12)5-3-9-6(10-5)4-1-8-2-4/h3-4,8H,1-2H2,(H,9,10)(H,11,12). The van der Waals surface area contributed by atoms with E-state index in [1.807, 2.05) is 0 Å². The monoisotopic (exact) mass is 167 g/mol. The number of nitrogens with zero attached hydrogens (tertiary/aromatic N) is 1. The van der Waals surface area contributed by atoms with Gasteiger partial charge in [0.15, 0.2) is 0 Å². The van der Waals surface area contributed by atoms with Gasteiger partial charge in [-0.15, -0.1) is 0 Å². The molecule has 5 heteroatoms. The number of aromatic amines is 1. The van der Waals surface area contributed by atoms with Gasteiger partial charge in [-0.1, -0.05) is 0 Å². The van der Waals surface area contributed by atoms with E-state index in [4.69, 9.17) is 5.11 Å². The smallest absolute Gasteiger partial charge is 0.353 e. The van der Waals surface area contributed by atoms with E-state index in [2.05, 4.69) is 15.3 Å². The third kappa shape index (κ3) is 1.08. The predicted molar refractivity (Wildman–Crippen MR) is 41.2 cm³/mol. The van der Waals surface area contributed by atoms with E-state index < -0.39 is 5.97 Å². The van der Waals surface area contributed by atoms with Crippen LogP contribution in [0.5, 0.6) is 0 Å². The minimum absolute atomic E-state index is 0.164. The average Bonchev–Trinajstić information content (AvgIpc) is 2.32. The summed E-state index contributed by atoms with van der Waals surface area (Å²) in [7, 11) is 0. The number of hydrogen-bond donors (Lipinski definition) is 3. The Balaban J connectivity index is 2.17. The van der Waals surface area contributed by atoms with Gasteiger partial charge in [-0.3, -0.25) is 0 Å². The molecule has 1 aromatic heterocycles. The molecule has 1 saturated heterocycles. The molecule has 5 nitrogen and oxygen atoms in total. The van der Waals surface area contributed by atoms with Crippen LogP contribution in [0.1, 0.15) is 22.2 Å². The maximum atomic E-state index is 10.5. The van der Waals surface area contributed by atoms with Crippen LogP contribution in [0.3, 0.4) is 0 Å². The van der Waals surface area contributed by atoms with Gasteiger partial charge >= 0.3 is 5.97 Å². The Morgan fingerprint density at radius 2 is 2.42 bits per heavy atom. The van der Waals surface area contributed by atoms with Crippen LogP contribution < -0.4 is 5.32 Å². The Hall–Kier alpha value is -1.36. The fourth-order valence-electron chi connectivity index (χ4n) is 1.13. The molecule has 0 bridgehead atoms. The number of imidazole rings is 1. The van der Waals surface area contributed by atoms with Crippen LogP contribution in [-0.2, 0) is 0 Å². The van der Waals surface area contributed by atoms with Crippen molar-refractivity contribution in [3.63, 3.8) is 0 Å². The highest BCUT2D eigenvalue weighted by Gasteiger charge is 2.22. The highest BCUT2D eigenvalue weighted by atomic mass is 16.4. The normalized spacial score (nSPS) is 17.3. The fraction of sp³-hybridized carbons (Fsp3) is 0.429. The predicted octanol–water partition coefficient (Wildman–Crippen LogP) is -0.205. The van der Waals surface area contributed by atoms with E-state index in [1.54, 1.807) is 0 Å². The van der Waals surface area contributed by atoms with Crippen LogP contribution in [0.4, 0.5) is 0 Å². The van der Waals surface area contributed by atoms with Gasteiger partial charge in [-0.25, -0.2) is 9.78 Å². The van der Waals surface area contributed by atoms with Gasteiger partial charge in [0.1, 0.15) is 11.5 Å². The number of carboxylic acids is 1. The highest BCUT2D eigenvalue weighted by molar-refractivity contribution is 5.85. The van der Waals surface area contributed by atoms with Gasteiger partial charge in [0.2, 0.25) is 0 Å². The van der Waals surface area contributed by atoms with Crippen LogP contribution in [0.15, 0.2) is 6.20 Å². The minimum atomic E-state index is -0.957.